The summed E-state index contributed by atoms with van der Waals surface area (Å²) in [7, 11) is 0. The molecule has 0 radical (unpaired) electrons. The summed E-state index contributed by atoms with van der Waals surface area (Å²) in [4.78, 5) is 4.22. The van der Waals surface area contributed by atoms with Crippen LogP contribution in [0.3, 0.4) is 0 Å². The fraction of sp³-hybridized carbons (Fsp3) is 0.824. The first-order chi connectivity index (χ1) is 11.4. The van der Waals surface area contributed by atoms with Crippen LogP contribution in [0.15, 0.2) is 6.20 Å². The fourth-order valence-corrected chi connectivity index (χ4v) is 4.05. The van der Waals surface area contributed by atoms with E-state index < -0.39 is 5.92 Å². The van der Waals surface area contributed by atoms with Crippen molar-refractivity contribution >= 4 is 0 Å². The number of piperidine rings is 1. The van der Waals surface area contributed by atoms with Crippen molar-refractivity contribution in [3.05, 3.63) is 17.5 Å². The van der Waals surface area contributed by atoms with Crippen molar-refractivity contribution in [1.29, 1.82) is 0 Å². The lowest BCUT2D eigenvalue weighted by molar-refractivity contribution is 0.00266. The number of rotatable bonds is 5. The molecule has 2 fully saturated rings. The van der Waals surface area contributed by atoms with Gasteiger partial charge in [0, 0.05) is 43.4 Å². The molecule has 0 saturated carbocycles. The largest absolute Gasteiger partial charge is 0.395 e. The Morgan fingerprint density at radius 3 is 2.62 bits per heavy atom. The second-order valence-electron chi connectivity index (χ2n) is 7.17. The van der Waals surface area contributed by atoms with Gasteiger partial charge in [0.25, 0.3) is 5.92 Å². The molecule has 24 heavy (non-hydrogen) atoms. The van der Waals surface area contributed by atoms with E-state index >= 15 is 0 Å². The Morgan fingerprint density at radius 2 is 2.04 bits per heavy atom. The summed E-state index contributed by atoms with van der Waals surface area (Å²) in [6, 6.07) is -0.229. The molecule has 0 aliphatic carbocycles. The Morgan fingerprint density at radius 1 is 1.33 bits per heavy atom. The van der Waals surface area contributed by atoms with Crippen molar-refractivity contribution in [1.82, 2.24) is 19.6 Å². The number of aliphatic hydroxyl groups is 1. The number of aromatic nitrogens is 2. The molecule has 2 saturated heterocycles. The quantitative estimate of drug-likeness (QED) is 0.887. The Labute approximate surface area is 142 Å². The minimum absolute atomic E-state index is 0.159. The molecule has 0 unspecified atom stereocenters. The average Bonchev–Trinajstić information content (AvgIpc) is 3.07. The number of alkyl halides is 2. The summed E-state index contributed by atoms with van der Waals surface area (Å²) in [6.07, 6.45) is 3.66. The van der Waals surface area contributed by atoms with Crippen molar-refractivity contribution in [3.8, 4) is 0 Å². The predicted molar refractivity (Wildman–Crippen MR) is 88.1 cm³/mol. The zero-order chi connectivity index (χ0) is 17.3. The lowest BCUT2D eigenvalue weighted by Gasteiger charge is -2.38. The smallest absolute Gasteiger partial charge is 0.262 e. The van der Waals surface area contributed by atoms with Gasteiger partial charge in [0.1, 0.15) is 0 Å². The third-order valence-corrected chi connectivity index (χ3v) is 5.42. The fourth-order valence-electron chi connectivity index (χ4n) is 4.05. The van der Waals surface area contributed by atoms with Gasteiger partial charge in [-0.15, -0.1) is 0 Å². The van der Waals surface area contributed by atoms with Gasteiger partial charge in [-0.05, 0) is 39.8 Å². The van der Waals surface area contributed by atoms with Crippen LogP contribution in [0.5, 0.6) is 0 Å². The van der Waals surface area contributed by atoms with E-state index in [0.29, 0.717) is 0 Å². The van der Waals surface area contributed by atoms with E-state index in [4.69, 9.17) is 0 Å². The molecule has 0 aromatic carbocycles. The molecular formula is C17H28F2N4O. The molecule has 2 aliphatic rings. The maximum absolute atomic E-state index is 13.7. The van der Waals surface area contributed by atoms with Crippen molar-refractivity contribution in [2.24, 2.45) is 0 Å². The molecule has 2 aliphatic heterocycles. The number of aryl methyl sites for hydroxylation is 2. The van der Waals surface area contributed by atoms with Gasteiger partial charge in [-0.25, -0.2) is 8.78 Å². The van der Waals surface area contributed by atoms with Crippen LogP contribution in [0.2, 0.25) is 0 Å². The van der Waals surface area contributed by atoms with Crippen molar-refractivity contribution in [2.75, 3.05) is 26.2 Å². The lowest BCUT2D eigenvalue weighted by atomic mass is 10.0. The minimum atomic E-state index is -2.66. The van der Waals surface area contributed by atoms with Gasteiger partial charge < -0.3 is 5.11 Å². The molecule has 3 rings (SSSR count). The molecule has 136 valence electrons. The minimum Gasteiger partial charge on any atom is -0.395 e. The highest BCUT2D eigenvalue weighted by Crippen LogP contribution is 2.35. The Kier molecular flexibility index (Phi) is 5.22. The first-order valence-corrected chi connectivity index (χ1v) is 8.91. The summed E-state index contributed by atoms with van der Waals surface area (Å²) in [6.45, 7) is 7.28. The summed E-state index contributed by atoms with van der Waals surface area (Å²) >= 11 is 0. The molecule has 5 nitrogen and oxygen atoms in total. The van der Waals surface area contributed by atoms with Gasteiger partial charge >= 0.3 is 0 Å². The van der Waals surface area contributed by atoms with E-state index in [2.05, 4.69) is 23.1 Å². The first-order valence-electron chi connectivity index (χ1n) is 8.91. The zero-order valence-electron chi connectivity index (χ0n) is 14.6. The third-order valence-electron chi connectivity index (χ3n) is 5.42. The number of hydrogen-bond acceptors (Lipinski definition) is 4. The summed E-state index contributed by atoms with van der Waals surface area (Å²) in [5, 5.41) is 13.9. The Balaban J connectivity index is 1.55. The average molecular weight is 342 g/mol. The van der Waals surface area contributed by atoms with Gasteiger partial charge in [-0.2, -0.15) is 5.10 Å². The second-order valence-corrected chi connectivity index (χ2v) is 7.17. The van der Waals surface area contributed by atoms with Crippen LogP contribution in [0, 0.1) is 6.92 Å². The van der Waals surface area contributed by atoms with E-state index in [1.54, 1.807) is 0 Å². The molecule has 0 spiro atoms. The number of aliphatic hydroxyl groups excluding tert-OH is 1. The normalized spacial score (nSPS) is 26.3. The third kappa shape index (κ3) is 3.78. The van der Waals surface area contributed by atoms with Crippen LogP contribution in [-0.4, -0.2) is 68.9 Å². The number of nitrogens with zero attached hydrogens (tertiary/aromatic N) is 4. The van der Waals surface area contributed by atoms with E-state index in [0.717, 1.165) is 44.7 Å². The van der Waals surface area contributed by atoms with Gasteiger partial charge in [-0.1, -0.05) is 0 Å². The van der Waals surface area contributed by atoms with E-state index in [-0.39, 0.29) is 31.7 Å². The highest BCUT2D eigenvalue weighted by atomic mass is 19.3. The number of halogens is 2. The standard InChI is InChI=1S/C17H28F2N4O/c1-3-22-10-14(13(2)20-22)9-21-6-4-15(5-7-21)23-12-17(18,19)8-16(23)11-24/h10,15-16,24H,3-9,11-12H2,1-2H3/t16-/m0/s1. The van der Waals surface area contributed by atoms with Crippen LogP contribution in [0.4, 0.5) is 8.78 Å². The van der Waals surface area contributed by atoms with Gasteiger partial charge in [0.05, 0.1) is 18.8 Å². The Bertz CT molecular complexity index is 555. The van der Waals surface area contributed by atoms with Crippen LogP contribution in [-0.2, 0) is 13.1 Å². The topological polar surface area (TPSA) is 44.5 Å². The van der Waals surface area contributed by atoms with Crippen molar-refractivity contribution in [3.63, 3.8) is 0 Å². The highest BCUT2D eigenvalue weighted by Gasteiger charge is 2.47. The molecule has 1 atom stereocenters. The van der Waals surface area contributed by atoms with Crippen molar-refractivity contribution < 1.29 is 13.9 Å². The van der Waals surface area contributed by atoms with Gasteiger partial charge in [0.15, 0.2) is 0 Å². The maximum atomic E-state index is 13.7. The van der Waals surface area contributed by atoms with Crippen molar-refractivity contribution in [2.45, 2.75) is 64.2 Å². The Hall–Kier alpha value is -1.05. The number of hydrogen-bond donors (Lipinski definition) is 1. The molecule has 7 heteroatoms. The number of likely N-dealkylation sites (tertiary alicyclic amines) is 2. The monoisotopic (exact) mass is 342 g/mol. The SMILES string of the molecule is CCn1cc(CN2CCC(N3CC(F)(F)C[C@H]3CO)CC2)c(C)n1. The molecule has 1 aromatic heterocycles. The highest BCUT2D eigenvalue weighted by molar-refractivity contribution is 5.15. The summed E-state index contributed by atoms with van der Waals surface area (Å²) in [5.41, 5.74) is 2.31. The molecule has 0 bridgehead atoms. The lowest BCUT2D eigenvalue weighted by Crippen LogP contribution is -2.47. The molecule has 1 aromatic rings. The van der Waals surface area contributed by atoms with E-state index in [1.807, 2.05) is 16.5 Å². The summed E-state index contributed by atoms with van der Waals surface area (Å²) in [5.74, 6) is -2.66. The van der Waals surface area contributed by atoms with E-state index in [1.165, 1.54) is 5.56 Å². The van der Waals surface area contributed by atoms with Gasteiger partial charge in [-0.3, -0.25) is 14.5 Å². The van der Waals surface area contributed by atoms with Crippen LogP contribution < -0.4 is 0 Å². The zero-order valence-corrected chi connectivity index (χ0v) is 14.6. The maximum Gasteiger partial charge on any atom is 0.262 e. The van der Waals surface area contributed by atoms with E-state index in [9.17, 15) is 13.9 Å². The molecular weight excluding hydrogens is 314 g/mol. The van der Waals surface area contributed by atoms with Gasteiger partial charge in [0.2, 0.25) is 0 Å². The predicted octanol–water partition coefficient (Wildman–Crippen LogP) is 1.88. The molecule has 3 heterocycles. The van der Waals surface area contributed by atoms with Crippen LogP contribution in [0.25, 0.3) is 0 Å². The summed E-state index contributed by atoms with van der Waals surface area (Å²) < 4.78 is 29.3. The van der Waals surface area contributed by atoms with Crippen LogP contribution >= 0.6 is 0 Å². The second kappa shape index (κ2) is 7.06. The molecule has 0 amide bonds. The van der Waals surface area contributed by atoms with Crippen LogP contribution in [0.1, 0.15) is 37.4 Å². The molecule has 1 N–H and O–H groups in total. The first kappa shape index (κ1) is 17.8.